The van der Waals surface area contributed by atoms with Crippen LogP contribution < -0.4 is 0 Å². The highest BCUT2D eigenvalue weighted by molar-refractivity contribution is 6.12. The Kier molecular flexibility index (Phi) is 11.2. The lowest BCUT2D eigenvalue weighted by molar-refractivity contribution is 0.318. The average molecular weight is 401 g/mol. The lowest BCUT2D eigenvalue weighted by Gasteiger charge is -2.13. The topological polar surface area (TPSA) is 34.0 Å². The first kappa shape index (κ1) is 24.6. The number of ether oxygens (including phenoxy) is 1. The van der Waals surface area contributed by atoms with Gasteiger partial charge in [0.1, 0.15) is 5.76 Å². The molecule has 156 valence electrons. The van der Waals surface area contributed by atoms with E-state index in [-0.39, 0.29) is 5.88 Å². The minimum Gasteiger partial charge on any atom is -0.440 e. The lowest BCUT2D eigenvalue weighted by atomic mass is 10.1. The molecule has 1 aliphatic heterocycles. The van der Waals surface area contributed by atoms with E-state index in [1.54, 1.807) is 0 Å². The van der Waals surface area contributed by atoms with Crippen LogP contribution in [0.1, 0.15) is 33.6 Å². The van der Waals surface area contributed by atoms with Gasteiger partial charge in [-0.15, -0.1) is 0 Å². The quantitative estimate of drug-likeness (QED) is 0.336. The van der Waals surface area contributed by atoms with Gasteiger partial charge < -0.3 is 4.74 Å². The summed E-state index contributed by atoms with van der Waals surface area (Å²) in [6.07, 6.45) is 23.2. The van der Waals surface area contributed by atoms with Gasteiger partial charge in [0.25, 0.3) is 0 Å². The maximum Gasteiger partial charge on any atom is 0.212 e. The van der Waals surface area contributed by atoms with Crippen LogP contribution >= 0.6 is 0 Å². The van der Waals surface area contributed by atoms with Gasteiger partial charge in [-0.05, 0) is 70.1 Å². The highest BCUT2D eigenvalue weighted by Gasteiger charge is 2.12. The summed E-state index contributed by atoms with van der Waals surface area (Å²) in [6, 6.07) is 0. The monoisotopic (exact) mass is 400 g/mol. The van der Waals surface area contributed by atoms with E-state index < -0.39 is 0 Å². The number of allylic oxidation sites excluding steroid dienone is 13. The lowest BCUT2D eigenvalue weighted by Crippen LogP contribution is -2.06. The molecule has 0 atom stereocenters. The summed E-state index contributed by atoms with van der Waals surface area (Å²) in [4.78, 5) is 9.03. The molecule has 0 aromatic rings. The molecule has 30 heavy (non-hydrogen) atoms. The van der Waals surface area contributed by atoms with Crippen LogP contribution in [0, 0.1) is 0 Å². The number of rotatable bonds is 6. The molecule has 1 aliphatic rings. The van der Waals surface area contributed by atoms with Gasteiger partial charge in [0.15, 0.2) is 0 Å². The van der Waals surface area contributed by atoms with Crippen LogP contribution in [0.25, 0.3) is 0 Å². The maximum atomic E-state index is 5.81. The van der Waals surface area contributed by atoms with Gasteiger partial charge in [0.05, 0.1) is 11.4 Å². The second-order valence-corrected chi connectivity index (χ2v) is 6.56. The number of nitrogens with zero attached hydrogens (tertiary/aromatic N) is 2. The third-order valence-electron chi connectivity index (χ3n) is 3.84. The summed E-state index contributed by atoms with van der Waals surface area (Å²) in [7, 11) is 0. The SMILES string of the molecule is C=C(/C=C\C)/C=C\C(=NC(=C)/C=C\C)/C1=C/C=C\CC/C=C\C(C)=NC(=C)OC1=C. The Labute approximate surface area is 181 Å². The molecule has 0 spiro atoms. The van der Waals surface area contributed by atoms with Crippen LogP contribution in [0.5, 0.6) is 0 Å². The van der Waals surface area contributed by atoms with Crippen molar-refractivity contribution in [1.29, 1.82) is 0 Å². The van der Waals surface area contributed by atoms with Crippen molar-refractivity contribution >= 4 is 11.4 Å². The van der Waals surface area contributed by atoms with E-state index in [4.69, 9.17) is 4.74 Å². The Morgan fingerprint density at radius 2 is 1.73 bits per heavy atom. The molecule has 0 saturated heterocycles. The van der Waals surface area contributed by atoms with Crippen LogP contribution in [-0.2, 0) is 4.74 Å². The molecule has 0 saturated carbocycles. The highest BCUT2D eigenvalue weighted by atomic mass is 16.5. The predicted molar refractivity (Wildman–Crippen MR) is 133 cm³/mol. The second-order valence-electron chi connectivity index (χ2n) is 6.56. The van der Waals surface area contributed by atoms with Crippen LogP contribution in [0.2, 0.25) is 0 Å². The second kappa shape index (κ2) is 13.7. The molecule has 0 unspecified atom stereocenters. The van der Waals surface area contributed by atoms with Crippen LogP contribution in [0.3, 0.4) is 0 Å². The smallest absolute Gasteiger partial charge is 0.212 e. The molecule has 0 bridgehead atoms. The summed E-state index contributed by atoms with van der Waals surface area (Å²) in [5.74, 6) is 0.669. The summed E-state index contributed by atoms with van der Waals surface area (Å²) < 4.78 is 5.81. The Hall–Kier alpha value is -3.46. The molecule has 0 amide bonds. The number of hydrogen-bond acceptors (Lipinski definition) is 3. The van der Waals surface area contributed by atoms with E-state index in [1.165, 1.54) is 0 Å². The van der Waals surface area contributed by atoms with Crippen molar-refractivity contribution in [3.8, 4) is 0 Å². The average Bonchev–Trinajstić information content (AvgIpc) is 2.68. The van der Waals surface area contributed by atoms with E-state index in [0.29, 0.717) is 22.7 Å². The molecule has 1 rings (SSSR count). The van der Waals surface area contributed by atoms with Crippen LogP contribution in [0.4, 0.5) is 0 Å². The normalized spacial score (nSPS) is 20.7. The van der Waals surface area contributed by atoms with E-state index >= 15 is 0 Å². The van der Waals surface area contributed by atoms with Crippen molar-refractivity contribution in [2.45, 2.75) is 33.6 Å². The largest absolute Gasteiger partial charge is 0.440 e. The molecule has 0 aliphatic carbocycles. The van der Waals surface area contributed by atoms with Crippen molar-refractivity contribution in [3.63, 3.8) is 0 Å². The third-order valence-corrected chi connectivity index (χ3v) is 3.84. The minimum atomic E-state index is 0.269. The highest BCUT2D eigenvalue weighted by Crippen LogP contribution is 2.19. The summed E-state index contributed by atoms with van der Waals surface area (Å²) >= 11 is 0. The third kappa shape index (κ3) is 9.65. The summed E-state index contributed by atoms with van der Waals surface area (Å²) in [5.41, 5.74) is 3.65. The van der Waals surface area contributed by atoms with Crippen molar-refractivity contribution in [2.75, 3.05) is 0 Å². The Morgan fingerprint density at radius 1 is 1.03 bits per heavy atom. The van der Waals surface area contributed by atoms with Crippen molar-refractivity contribution in [2.24, 2.45) is 9.98 Å². The zero-order chi connectivity index (χ0) is 22.4. The Bertz CT molecular complexity index is 913. The van der Waals surface area contributed by atoms with Crippen molar-refractivity contribution in [1.82, 2.24) is 0 Å². The first-order valence-corrected chi connectivity index (χ1v) is 9.92. The zero-order valence-electron chi connectivity index (χ0n) is 18.4. The summed E-state index contributed by atoms with van der Waals surface area (Å²) in [5, 5.41) is 0. The standard InChI is InChI=1S/C27H32N2O/c1-8-15-21(3)19-20-27(29-22(4)16-9-2)26-18-14-12-10-11-13-17-23(5)28-25(7)30-24(26)6/h8-9,12-20H,3-4,6-7,10-11H2,1-2,5H3/b14-12-,15-8-,16-9-,17-13-,20-19-,26-18+,28-23?,29-27?. The fourth-order valence-corrected chi connectivity index (χ4v) is 2.51. The molecule has 3 heteroatoms. The van der Waals surface area contributed by atoms with Crippen molar-refractivity contribution < 1.29 is 4.74 Å². The summed E-state index contributed by atoms with van der Waals surface area (Å²) in [6.45, 7) is 21.8. The van der Waals surface area contributed by atoms with Crippen LogP contribution in [0.15, 0.2) is 132 Å². The molecule has 3 nitrogen and oxygen atoms in total. The van der Waals surface area contributed by atoms with Gasteiger partial charge >= 0.3 is 0 Å². The molecule has 0 aromatic carbocycles. The van der Waals surface area contributed by atoms with E-state index in [1.807, 2.05) is 75.5 Å². The fraction of sp³-hybridized carbons (Fsp3) is 0.185. The predicted octanol–water partition coefficient (Wildman–Crippen LogP) is 7.50. The van der Waals surface area contributed by atoms with Gasteiger partial charge in [-0.2, -0.15) is 0 Å². The maximum absolute atomic E-state index is 5.81. The van der Waals surface area contributed by atoms with E-state index in [0.717, 1.165) is 24.1 Å². The molecule has 0 N–H and O–H groups in total. The molecular formula is C27H32N2O. The molecular weight excluding hydrogens is 368 g/mol. The fourth-order valence-electron chi connectivity index (χ4n) is 2.51. The Balaban J connectivity index is 3.44. The first-order chi connectivity index (χ1) is 14.4. The molecule has 1 heterocycles. The zero-order valence-corrected chi connectivity index (χ0v) is 18.4. The van der Waals surface area contributed by atoms with Gasteiger partial charge in [-0.25, -0.2) is 9.98 Å². The van der Waals surface area contributed by atoms with Gasteiger partial charge in [0, 0.05) is 11.3 Å². The molecule has 0 radical (unpaired) electrons. The van der Waals surface area contributed by atoms with Gasteiger partial charge in [-0.3, -0.25) is 0 Å². The minimum absolute atomic E-state index is 0.269. The van der Waals surface area contributed by atoms with Crippen LogP contribution in [-0.4, -0.2) is 11.4 Å². The van der Waals surface area contributed by atoms with Gasteiger partial charge in [-0.1, -0.05) is 62.3 Å². The van der Waals surface area contributed by atoms with Crippen molar-refractivity contribution in [3.05, 3.63) is 122 Å². The molecule has 0 aromatic heterocycles. The Morgan fingerprint density at radius 3 is 2.43 bits per heavy atom. The van der Waals surface area contributed by atoms with E-state index in [9.17, 15) is 0 Å². The van der Waals surface area contributed by atoms with E-state index in [2.05, 4.69) is 48.5 Å². The number of hydrogen-bond donors (Lipinski definition) is 0. The van der Waals surface area contributed by atoms with Gasteiger partial charge in [0.2, 0.25) is 5.88 Å². The first-order valence-electron chi connectivity index (χ1n) is 9.92. The number of aliphatic imine (C=N–C) groups is 2. The molecule has 0 fully saturated rings.